The van der Waals surface area contributed by atoms with Crippen molar-refractivity contribution in [3.8, 4) is 0 Å². The third-order valence-corrected chi connectivity index (χ3v) is 3.31. The van der Waals surface area contributed by atoms with E-state index in [4.69, 9.17) is 5.73 Å². The van der Waals surface area contributed by atoms with E-state index in [2.05, 4.69) is 0 Å². The normalized spacial score (nSPS) is 17.3. The molecular weight excluding hydrogens is 228 g/mol. The van der Waals surface area contributed by atoms with E-state index in [1.54, 1.807) is 0 Å². The Hall–Kier alpha value is -1.68. The quantitative estimate of drug-likeness (QED) is 0.815. The molecule has 0 aliphatic carbocycles. The number of hydrogen-bond acceptors (Lipinski definition) is 3. The van der Waals surface area contributed by atoms with Crippen LogP contribution in [-0.4, -0.2) is 29.8 Å². The van der Waals surface area contributed by atoms with E-state index in [-0.39, 0.29) is 17.7 Å². The van der Waals surface area contributed by atoms with Gasteiger partial charge in [0.2, 0.25) is 11.8 Å². The minimum Gasteiger partial charge on any atom is -0.329 e. The number of piperidine rings is 1. The molecule has 1 aromatic rings. The average Bonchev–Trinajstić information content (AvgIpc) is 2.33. The van der Waals surface area contributed by atoms with Crippen LogP contribution < -0.4 is 5.73 Å². The lowest BCUT2D eigenvalue weighted by atomic mass is 9.88. The van der Waals surface area contributed by atoms with Crippen LogP contribution in [0.25, 0.3) is 0 Å². The number of nitrogens with two attached hydrogens (primary N) is 1. The van der Waals surface area contributed by atoms with Crippen molar-refractivity contribution in [2.24, 2.45) is 5.73 Å². The Bertz CT molecular complexity index is 453. The van der Waals surface area contributed by atoms with Crippen LogP contribution in [0.15, 0.2) is 24.3 Å². The molecule has 1 saturated heterocycles. The highest BCUT2D eigenvalue weighted by molar-refractivity contribution is 5.98. The number of hydrogen-bond donors (Lipinski definition) is 1. The van der Waals surface area contributed by atoms with Gasteiger partial charge in [0, 0.05) is 31.8 Å². The Labute approximate surface area is 107 Å². The van der Waals surface area contributed by atoms with Crippen molar-refractivity contribution in [3.63, 3.8) is 0 Å². The summed E-state index contributed by atoms with van der Waals surface area (Å²) in [5.41, 5.74) is 7.63. The van der Waals surface area contributed by atoms with Gasteiger partial charge >= 0.3 is 0 Å². The molecule has 1 fully saturated rings. The zero-order chi connectivity index (χ0) is 13.1. The lowest BCUT2D eigenvalue weighted by Crippen LogP contribution is -2.44. The molecule has 1 aliphatic heterocycles. The van der Waals surface area contributed by atoms with Gasteiger partial charge in [-0.05, 0) is 12.5 Å². The molecule has 0 aromatic heterocycles. The van der Waals surface area contributed by atoms with Crippen molar-refractivity contribution in [2.75, 3.05) is 13.1 Å². The maximum atomic E-state index is 11.9. The van der Waals surface area contributed by atoms with Crippen LogP contribution in [0.4, 0.5) is 0 Å². The van der Waals surface area contributed by atoms with Crippen LogP contribution in [0.2, 0.25) is 0 Å². The monoisotopic (exact) mass is 246 g/mol. The van der Waals surface area contributed by atoms with Gasteiger partial charge in [0.25, 0.3) is 0 Å². The molecule has 0 spiro atoms. The fourth-order valence-electron chi connectivity index (χ4n) is 2.39. The summed E-state index contributed by atoms with van der Waals surface area (Å²) in [6.45, 7) is 2.67. The predicted molar refractivity (Wildman–Crippen MR) is 68.9 cm³/mol. The molecule has 4 heteroatoms. The minimum absolute atomic E-state index is 0.0129. The fraction of sp³-hybridized carbons (Fsp3) is 0.429. The van der Waals surface area contributed by atoms with Crippen LogP contribution in [0.3, 0.4) is 0 Å². The zero-order valence-corrected chi connectivity index (χ0v) is 10.6. The van der Waals surface area contributed by atoms with Gasteiger partial charge < -0.3 is 5.73 Å². The second kappa shape index (κ2) is 5.31. The van der Waals surface area contributed by atoms with E-state index in [0.717, 1.165) is 11.1 Å². The smallest absolute Gasteiger partial charge is 0.229 e. The topological polar surface area (TPSA) is 63.4 Å². The molecule has 18 heavy (non-hydrogen) atoms. The van der Waals surface area contributed by atoms with Gasteiger partial charge in [-0.2, -0.15) is 0 Å². The lowest BCUT2D eigenvalue weighted by Gasteiger charge is -2.30. The average molecular weight is 246 g/mol. The number of imide groups is 1. The van der Waals surface area contributed by atoms with Crippen molar-refractivity contribution in [2.45, 2.75) is 25.7 Å². The van der Waals surface area contributed by atoms with Crippen molar-refractivity contribution in [1.29, 1.82) is 0 Å². The van der Waals surface area contributed by atoms with Crippen molar-refractivity contribution in [1.82, 2.24) is 4.90 Å². The first-order valence-corrected chi connectivity index (χ1v) is 6.21. The van der Waals surface area contributed by atoms with Crippen LogP contribution in [0, 0.1) is 6.92 Å². The van der Waals surface area contributed by atoms with E-state index in [9.17, 15) is 9.59 Å². The maximum Gasteiger partial charge on any atom is 0.229 e. The Morgan fingerprint density at radius 2 is 1.94 bits per heavy atom. The number of benzene rings is 1. The highest BCUT2D eigenvalue weighted by Crippen LogP contribution is 2.29. The van der Waals surface area contributed by atoms with Crippen LogP contribution >= 0.6 is 0 Å². The number of amides is 2. The summed E-state index contributed by atoms with van der Waals surface area (Å²) in [6, 6.07) is 8.00. The first-order valence-electron chi connectivity index (χ1n) is 6.21. The summed E-state index contributed by atoms with van der Waals surface area (Å²) in [4.78, 5) is 25.1. The molecule has 0 saturated carbocycles. The molecule has 2 N–H and O–H groups in total. The summed E-state index contributed by atoms with van der Waals surface area (Å²) in [6.07, 6.45) is 0.796. The van der Waals surface area contributed by atoms with Gasteiger partial charge in [0.15, 0.2) is 0 Å². The van der Waals surface area contributed by atoms with Gasteiger partial charge in [-0.3, -0.25) is 14.5 Å². The van der Waals surface area contributed by atoms with Gasteiger partial charge in [-0.25, -0.2) is 0 Å². The number of rotatable bonds is 3. The molecule has 96 valence electrons. The minimum atomic E-state index is -0.108. The van der Waals surface area contributed by atoms with Gasteiger partial charge in [0.05, 0.1) is 0 Å². The van der Waals surface area contributed by atoms with Gasteiger partial charge in [-0.1, -0.05) is 29.8 Å². The molecule has 2 amide bonds. The maximum absolute atomic E-state index is 11.9. The summed E-state index contributed by atoms with van der Waals surface area (Å²) in [5, 5.41) is 0. The molecule has 4 nitrogen and oxygen atoms in total. The van der Waals surface area contributed by atoms with E-state index >= 15 is 0 Å². The van der Waals surface area contributed by atoms with Gasteiger partial charge in [0.1, 0.15) is 0 Å². The molecule has 0 bridgehead atoms. The number of carbonyl (C=O) groups is 2. The van der Waals surface area contributed by atoms with Gasteiger partial charge in [-0.15, -0.1) is 0 Å². The molecule has 0 atom stereocenters. The summed E-state index contributed by atoms with van der Waals surface area (Å²) in [5.74, 6) is -0.203. The molecule has 0 radical (unpaired) electrons. The SMILES string of the molecule is Cc1cccc(C2CC(=O)N(CCN)C(=O)C2)c1. The zero-order valence-electron chi connectivity index (χ0n) is 10.6. The van der Waals surface area contributed by atoms with E-state index < -0.39 is 0 Å². The molecule has 0 unspecified atom stereocenters. The number of aryl methyl sites for hydroxylation is 1. The van der Waals surface area contributed by atoms with E-state index in [1.807, 2.05) is 31.2 Å². The number of nitrogens with zero attached hydrogens (tertiary/aromatic N) is 1. The fourth-order valence-corrected chi connectivity index (χ4v) is 2.39. The Kier molecular flexibility index (Phi) is 3.77. The Morgan fingerprint density at radius 1 is 1.28 bits per heavy atom. The largest absolute Gasteiger partial charge is 0.329 e. The second-order valence-corrected chi connectivity index (χ2v) is 4.75. The number of likely N-dealkylation sites (tertiary alicyclic amines) is 1. The highest BCUT2D eigenvalue weighted by Gasteiger charge is 2.32. The van der Waals surface area contributed by atoms with Crippen LogP contribution in [-0.2, 0) is 9.59 Å². The van der Waals surface area contributed by atoms with Crippen LogP contribution in [0.1, 0.15) is 29.9 Å². The third-order valence-electron chi connectivity index (χ3n) is 3.31. The molecular formula is C14H18N2O2. The van der Waals surface area contributed by atoms with Crippen molar-refractivity contribution < 1.29 is 9.59 Å². The number of carbonyl (C=O) groups excluding carboxylic acids is 2. The Morgan fingerprint density at radius 3 is 2.50 bits per heavy atom. The first kappa shape index (κ1) is 12.8. The first-order chi connectivity index (χ1) is 8.61. The summed E-state index contributed by atoms with van der Waals surface area (Å²) in [7, 11) is 0. The molecule has 1 aliphatic rings. The summed E-state index contributed by atoms with van der Waals surface area (Å²) >= 11 is 0. The van der Waals surface area contributed by atoms with Crippen LogP contribution in [0.5, 0.6) is 0 Å². The molecule has 2 rings (SSSR count). The van der Waals surface area contributed by atoms with E-state index in [1.165, 1.54) is 4.90 Å². The standard InChI is InChI=1S/C14H18N2O2/c1-10-3-2-4-11(7-10)12-8-13(17)16(6-5-15)14(18)9-12/h2-4,7,12H,5-6,8-9,15H2,1H3. The lowest BCUT2D eigenvalue weighted by molar-refractivity contribution is -0.148. The molecule has 1 aromatic carbocycles. The third kappa shape index (κ3) is 2.59. The second-order valence-electron chi connectivity index (χ2n) is 4.75. The highest BCUT2D eigenvalue weighted by atomic mass is 16.2. The predicted octanol–water partition coefficient (Wildman–Crippen LogP) is 1.19. The van der Waals surface area contributed by atoms with Crippen molar-refractivity contribution >= 4 is 11.8 Å². The molecule has 1 heterocycles. The Balaban J connectivity index is 2.15. The summed E-state index contributed by atoms with van der Waals surface area (Å²) < 4.78 is 0. The van der Waals surface area contributed by atoms with E-state index in [0.29, 0.717) is 25.9 Å². The van der Waals surface area contributed by atoms with Crippen molar-refractivity contribution in [3.05, 3.63) is 35.4 Å².